The second-order valence-corrected chi connectivity index (χ2v) is 2.44. The Morgan fingerprint density at radius 3 is 2.45 bits per heavy atom. The van der Waals surface area contributed by atoms with Gasteiger partial charge in [0.05, 0.1) is 0 Å². The molecule has 0 radical (unpaired) electrons. The Bertz CT molecular complexity index is 227. The minimum atomic E-state index is -1.26. The molecule has 0 heterocycles. The van der Waals surface area contributed by atoms with E-state index >= 15 is 0 Å². The molecule has 0 saturated carbocycles. The van der Waals surface area contributed by atoms with Crippen molar-refractivity contribution < 1.29 is 15.0 Å². The molecule has 0 saturated heterocycles. The van der Waals surface area contributed by atoms with E-state index in [9.17, 15) is 4.79 Å². The van der Waals surface area contributed by atoms with Crippen LogP contribution in [0.3, 0.4) is 0 Å². The minimum absolute atomic E-state index is 0.425. The lowest BCUT2D eigenvalue weighted by atomic mass is 10.1. The largest absolute Gasteiger partial charge is 0.385 e. The highest BCUT2D eigenvalue weighted by Crippen LogP contribution is 2.17. The molecular formula is C8H10O3. The maximum absolute atomic E-state index is 10.7. The average molecular weight is 154 g/mol. The molecular weight excluding hydrogens is 144 g/mol. The van der Waals surface area contributed by atoms with Gasteiger partial charge in [0.1, 0.15) is 12.2 Å². The first-order valence-electron chi connectivity index (χ1n) is 3.41. The van der Waals surface area contributed by atoms with Gasteiger partial charge < -0.3 is 10.2 Å². The summed E-state index contributed by atoms with van der Waals surface area (Å²) in [5.41, 5.74) is 0.477. The number of carbonyl (C=O) groups is 1. The van der Waals surface area contributed by atoms with Crippen LogP contribution in [0, 0.1) is 0 Å². The van der Waals surface area contributed by atoms with Crippen molar-refractivity contribution >= 4 is 5.78 Å². The maximum atomic E-state index is 10.7. The molecule has 0 fully saturated rings. The van der Waals surface area contributed by atoms with Gasteiger partial charge in [-0.25, -0.2) is 0 Å². The van der Waals surface area contributed by atoms with Crippen LogP contribution in [0.5, 0.6) is 0 Å². The highest BCUT2D eigenvalue weighted by atomic mass is 16.3. The minimum Gasteiger partial charge on any atom is -0.385 e. The zero-order valence-corrected chi connectivity index (χ0v) is 6.19. The molecule has 0 aromatic carbocycles. The van der Waals surface area contributed by atoms with Gasteiger partial charge in [0.2, 0.25) is 0 Å². The topological polar surface area (TPSA) is 57.5 Å². The van der Waals surface area contributed by atoms with Crippen molar-refractivity contribution in [2.75, 3.05) is 0 Å². The van der Waals surface area contributed by atoms with Crippen LogP contribution in [0.25, 0.3) is 0 Å². The molecule has 0 bridgehead atoms. The second-order valence-electron chi connectivity index (χ2n) is 2.44. The van der Waals surface area contributed by atoms with Gasteiger partial charge in [-0.05, 0) is 18.6 Å². The third kappa shape index (κ3) is 1.39. The number of carbonyl (C=O) groups excluding carboxylic acids is 1. The van der Waals surface area contributed by atoms with Crippen LogP contribution in [-0.2, 0) is 4.79 Å². The van der Waals surface area contributed by atoms with Gasteiger partial charge in [-0.3, -0.25) is 4.79 Å². The normalized spacial score (nSPS) is 31.5. The summed E-state index contributed by atoms with van der Waals surface area (Å²) in [6.07, 6.45) is 2.27. The molecule has 2 unspecified atom stereocenters. The lowest BCUT2D eigenvalue weighted by Crippen LogP contribution is -2.27. The van der Waals surface area contributed by atoms with Crippen LogP contribution < -0.4 is 0 Å². The van der Waals surface area contributed by atoms with Gasteiger partial charge in [0.25, 0.3) is 0 Å². The Hall–Kier alpha value is -0.930. The predicted molar refractivity (Wildman–Crippen MR) is 39.9 cm³/mol. The van der Waals surface area contributed by atoms with Crippen molar-refractivity contribution in [3.8, 4) is 0 Å². The number of aliphatic hydroxyl groups excluding tert-OH is 2. The molecule has 60 valence electrons. The van der Waals surface area contributed by atoms with Crippen molar-refractivity contribution in [3.05, 3.63) is 23.8 Å². The van der Waals surface area contributed by atoms with Gasteiger partial charge in [0, 0.05) is 0 Å². The molecule has 0 amide bonds. The Morgan fingerprint density at radius 2 is 2.09 bits per heavy atom. The third-order valence-electron chi connectivity index (χ3n) is 1.60. The SMILES string of the molecule is C/C=C/C1=CC(=O)C(O)C1O. The number of allylic oxidation sites excluding steroid dienone is 1. The molecule has 2 atom stereocenters. The van der Waals surface area contributed by atoms with E-state index < -0.39 is 18.0 Å². The Labute approximate surface area is 64.7 Å². The standard InChI is InChI=1S/C8H10O3/c1-2-3-5-4-6(9)8(11)7(5)10/h2-4,7-8,10-11H,1H3/b3-2+. The quantitative estimate of drug-likeness (QED) is 0.549. The molecule has 1 aliphatic rings. The van der Waals surface area contributed by atoms with Gasteiger partial charge in [-0.1, -0.05) is 12.2 Å². The van der Waals surface area contributed by atoms with Gasteiger partial charge in [-0.15, -0.1) is 0 Å². The Morgan fingerprint density at radius 1 is 1.45 bits per heavy atom. The first-order valence-corrected chi connectivity index (χ1v) is 3.41. The molecule has 11 heavy (non-hydrogen) atoms. The molecule has 1 aliphatic carbocycles. The summed E-state index contributed by atoms with van der Waals surface area (Å²) in [6.45, 7) is 1.78. The molecule has 0 spiro atoms. The summed E-state index contributed by atoms with van der Waals surface area (Å²) in [4.78, 5) is 10.7. The summed E-state index contributed by atoms with van der Waals surface area (Å²) in [6, 6.07) is 0. The van der Waals surface area contributed by atoms with Crippen molar-refractivity contribution in [3.63, 3.8) is 0 Å². The number of aliphatic hydroxyl groups is 2. The Kier molecular flexibility index (Phi) is 2.22. The van der Waals surface area contributed by atoms with Gasteiger partial charge >= 0.3 is 0 Å². The number of hydrogen-bond donors (Lipinski definition) is 2. The first kappa shape index (κ1) is 8.17. The van der Waals surface area contributed by atoms with E-state index in [1.165, 1.54) is 6.08 Å². The molecule has 0 aromatic rings. The van der Waals surface area contributed by atoms with E-state index in [4.69, 9.17) is 10.2 Å². The fourth-order valence-electron chi connectivity index (χ4n) is 1.01. The van der Waals surface area contributed by atoms with Crippen LogP contribution in [0.15, 0.2) is 23.8 Å². The molecule has 0 aliphatic heterocycles. The first-order chi connectivity index (χ1) is 5.16. The zero-order chi connectivity index (χ0) is 8.43. The van der Waals surface area contributed by atoms with E-state index in [0.29, 0.717) is 5.57 Å². The Balaban J connectivity index is 2.83. The highest BCUT2D eigenvalue weighted by molar-refractivity contribution is 5.98. The third-order valence-corrected chi connectivity index (χ3v) is 1.60. The van der Waals surface area contributed by atoms with E-state index in [1.807, 2.05) is 0 Å². The molecule has 0 aromatic heterocycles. The number of ketones is 1. The monoisotopic (exact) mass is 154 g/mol. The summed E-state index contributed by atoms with van der Waals surface area (Å²) in [5, 5.41) is 18.1. The fraction of sp³-hybridized carbons (Fsp3) is 0.375. The van der Waals surface area contributed by atoms with Crippen molar-refractivity contribution in [2.45, 2.75) is 19.1 Å². The zero-order valence-electron chi connectivity index (χ0n) is 6.19. The lowest BCUT2D eigenvalue weighted by molar-refractivity contribution is -0.124. The number of rotatable bonds is 1. The van der Waals surface area contributed by atoms with Crippen LogP contribution in [0.1, 0.15) is 6.92 Å². The van der Waals surface area contributed by atoms with Crippen LogP contribution >= 0.6 is 0 Å². The van der Waals surface area contributed by atoms with Crippen molar-refractivity contribution in [1.29, 1.82) is 0 Å². The molecule has 2 N–H and O–H groups in total. The summed E-state index contributed by atoms with van der Waals surface area (Å²) >= 11 is 0. The summed E-state index contributed by atoms with van der Waals surface area (Å²) < 4.78 is 0. The van der Waals surface area contributed by atoms with Crippen molar-refractivity contribution in [2.24, 2.45) is 0 Å². The summed E-state index contributed by atoms with van der Waals surface area (Å²) in [5.74, 6) is -0.425. The molecule has 3 nitrogen and oxygen atoms in total. The van der Waals surface area contributed by atoms with E-state index in [2.05, 4.69) is 0 Å². The summed E-state index contributed by atoms with van der Waals surface area (Å²) in [7, 11) is 0. The highest BCUT2D eigenvalue weighted by Gasteiger charge is 2.31. The molecule has 3 heteroatoms. The van der Waals surface area contributed by atoms with E-state index in [1.54, 1.807) is 19.1 Å². The van der Waals surface area contributed by atoms with Crippen LogP contribution in [0.4, 0.5) is 0 Å². The predicted octanol–water partition coefficient (Wildman–Crippen LogP) is -0.207. The van der Waals surface area contributed by atoms with E-state index in [0.717, 1.165) is 0 Å². The number of hydrogen-bond acceptors (Lipinski definition) is 3. The maximum Gasteiger partial charge on any atom is 0.187 e. The van der Waals surface area contributed by atoms with Crippen LogP contribution in [-0.4, -0.2) is 28.2 Å². The second kappa shape index (κ2) is 2.98. The fourth-order valence-corrected chi connectivity index (χ4v) is 1.01. The van der Waals surface area contributed by atoms with Crippen LogP contribution in [0.2, 0.25) is 0 Å². The van der Waals surface area contributed by atoms with Gasteiger partial charge in [0.15, 0.2) is 5.78 Å². The van der Waals surface area contributed by atoms with Crippen molar-refractivity contribution in [1.82, 2.24) is 0 Å². The van der Waals surface area contributed by atoms with E-state index in [-0.39, 0.29) is 0 Å². The molecule has 1 rings (SSSR count). The lowest BCUT2D eigenvalue weighted by Gasteiger charge is -2.07. The smallest absolute Gasteiger partial charge is 0.187 e. The average Bonchev–Trinajstić information content (AvgIpc) is 2.19. The van der Waals surface area contributed by atoms with Gasteiger partial charge in [-0.2, -0.15) is 0 Å².